The summed E-state index contributed by atoms with van der Waals surface area (Å²) < 4.78 is 44.9. The van der Waals surface area contributed by atoms with Gasteiger partial charge in [-0.25, -0.2) is 4.79 Å². The van der Waals surface area contributed by atoms with Crippen molar-refractivity contribution in [2.45, 2.75) is 6.18 Å². The number of halogens is 3. The van der Waals surface area contributed by atoms with Crippen LogP contribution < -0.4 is 5.32 Å². The van der Waals surface area contributed by atoms with E-state index in [1.54, 1.807) is 0 Å². The number of amides is 1. The molecule has 2 N–H and O–H groups in total. The monoisotopic (exact) mass is 317 g/mol. The van der Waals surface area contributed by atoms with Crippen molar-refractivity contribution < 1.29 is 27.9 Å². The Bertz CT molecular complexity index is 686. The predicted molar refractivity (Wildman–Crippen MR) is 66.3 cm³/mol. The highest BCUT2D eigenvalue weighted by Gasteiger charge is 2.32. The number of aromatic nitrogens is 2. The third kappa shape index (κ3) is 3.34. The van der Waals surface area contributed by atoms with Crippen LogP contribution in [-0.4, -0.2) is 25.7 Å². The van der Waals surface area contributed by atoms with Crippen LogP contribution in [0.25, 0.3) is 0 Å². The van der Waals surface area contributed by atoms with E-state index in [2.05, 4.69) is 14.1 Å². The number of anilines is 1. The van der Waals surface area contributed by atoms with Crippen molar-refractivity contribution in [3.8, 4) is 0 Å². The van der Waals surface area contributed by atoms with Crippen LogP contribution in [0.3, 0.4) is 0 Å². The van der Waals surface area contributed by atoms with E-state index in [0.717, 1.165) is 24.0 Å². The van der Waals surface area contributed by atoms with Gasteiger partial charge < -0.3 is 10.4 Å². The van der Waals surface area contributed by atoms with Gasteiger partial charge in [0.2, 0.25) is 0 Å². The first kappa shape index (κ1) is 14.9. The van der Waals surface area contributed by atoms with E-state index in [1.165, 1.54) is 0 Å². The lowest BCUT2D eigenvalue weighted by molar-refractivity contribution is -0.137. The largest absolute Gasteiger partial charge is 0.478 e. The molecule has 0 aliphatic rings. The number of hydrogen-bond donors (Lipinski definition) is 2. The number of carbonyl (C=O) groups excluding carboxylic acids is 1. The average molecular weight is 317 g/mol. The molecule has 0 spiro atoms. The maximum absolute atomic E-state index is 12.6. The van der Waals surface area contributed by atoms with E-state index in [9.17, 15) is 22.8 Å². The lowest BCUT2D eigenvalue weighted by Crippen LogP contribution is -2.16. The van der Waals surface area contributed by atoms with E-state index < -0.39 is 29.2 Å². The quantitative estimate of drug-likeness (QED) is 0.907. The number of hydrogen-bond acceptors (Lipinski definition) is 5. The first-order chi connectivity index (χ1) is 9.79. The molecule has 0 bridgehead atoms. The Morgan fingerprint density at radius 3 is 2.52 bits per heavy atom. The molecule has 110 valence electrons. The Hall–Kier alpha value is -2.49. The Morgan fingerprint density at radius 1 is 1.29 bits per heavy atom. The standard InChI is InChI=1S/C11H6F3N3O3S/c12-11(13,14)5-1-2-7(6(3-5)10(19)20)16-9(18)8-4-15-21-17-8/h1-4H,(H,16,18)(H,19,20). The van der Waals surface area contributed by atoms with Crippen molar-refractivity contribution in [3.63, 3.8) is 0 Å². The van der Waals surface area contributed by atoms with E-state index >= 15 is 0 Å². The normalized spacial score (nSPS) is 11.2. The maximum atomic E-state index is 12.6. The molecule has 6 nitrogen and oxygen atoms in total. The maximum Gasteiger partial charge on any atom is 0.416 e. The van der Waals surface area contributed by atoms with Gasteiger partial charge in [0.25, 0.3) is 5.91 Å². The summed E-state index contributed by atoms with van der Waals surface area (Å²) in [6, 6.07) is 2.02. The summed E-state index contributed by atoms with van der Waals surface area (Å²) in [6.45, 7) is 0. The topological polar surface area (TPSA) is 92.2 Å². The van der Waals surface area contributed by atoms with Crippen LogP contribution in [0, 0.1) is 0 Å². The van der Waals surface area contributed by atoms with Crippen LogP contribution in [-0.2, 0) is 6.18 Å². The zero-order chi connectivity index (χ0) is 15.6. The molecule has 10 heteroatoms. The molecule has 2 rings (SSSR count). The van der Waals surface area contributed by atoms with E-state index in [-0.39, 0.29) is 11.4 Å². The third-order valence-electron chi connectivity index (χ3n) is 2.42. The van der Waals surface area contributed by atoms with Crippen LogP contribution in [0.1, 0.15) is 26.4 Å². The minimum absolute atomic E-state index is 0.0590. The third-order valence-corrected chi connectivity index (χ3v) is 2.90. The van der Waals surface area contributed by atoms with Crippen molar-refractivity contribution in [2.75, 3.05) is 5.32 Å². The molecule has 0 radical (unpaired) electrons. The number of rotatable bonds is 3. The first-order valence-corrected chi connectivity index (χ1v) is 6.05. The van der Waals surface area contributed by atoms with Crippen LogP contribution >= 0.6 is 11.7 Å². The fourth-order valence-electron chi connectivity index (χ4n) is 1.46. The molecule has 0 saturated carbocycles. The zero-order valence-electron chi connectivity index (χ0n) is 10.0. The molecule has 1 heterocycles. The Morgan fingerprint density at radius 2 is 2.00 bits per heavy atom. The SMILES string of the molecule is O=C(Nc1ccc(C(F)(F)F)cc1C(=O)O)c1cnsn1. The van der Waals surface area contributed by atoms with Gasteiger partial charge in [0.15, 0.2) is 5.69 Å². The lowest BCUT2D eigenvalue weighted by atomic mass is 10.1. The Balaban J connectivity index is 2.35. The Kier molecular flexibility index (Phi) is 3.89. The number of nitrogens with zero attached hydrogens (tertiary/aromatic N) is 2. The van der Waals surface area contributed by atoms with Gasteiger partial charge in [-0.15, -0.1) is 0 Å². The Labute approximate surface area is 119 Å². The molecule has 0 aliphatic heterocycles. The molecular weight excluding hydrogens is 311 g/mol. The number of carboxylic acid groups (broad SMARTS) is 1. The second-order valence-electron chi connectivity index (χ2n) is 3.81. The first-order valence-electron chi connectivity index (χ1n) is 5.32. The number of nitrogens with one attached hydrogen (secondary N) is 1. The van der Waals surface area contributed by atoms with Crippen LogP contribution in [0.5, 0.6) is 0 Å². The summed E-state index contributed by atoms with van der Waals surface area (Å²) >= 11 is 0.769. The highest BCUT2D eigenvalue weighted by molar-refractivity contribution is 6.99. The van der Waals surface area contributed by atoms with Crippen molar-refractivity contribution in [2.24, 2.45) is 0 Å². The number of carbonyl (C=O) groups is 2. The molecular formula is C11H6F3N3O3S. The fourth-order valence-corrected chi connectivity index (χ4v) is 1.87. The van der Waals surface area contributed by atoms with Gasteiger partial charge in [0.05, 0.1) is 34.7 Å². The van der Waals surface area contributed by atoms with E-state index in [4.69, 9.17) is 5.11 Å². The second kappa shape index (κ2) is 5.48. The molecule has 1 aromatic heterocycles. The van der Waals surface area contributed by atoms with Gasteiger partial charge >= 0.3 is 12.1 Å². The molecule has 1 amide bonds. The minimum atomic E-state index is -4.68. The van der Waals surface area contributed by atoms with Crippen molar-refractivity contribution in [1.82, 2.24) is 8.75 Å². The van der Waals surface area contributed by atoms with Gasteiger partial charge in [-0.05, 0) is 18.2 Å². The summed E-state index contributed by atoms with van der Waals surface area (Å²) in [7, 11) is 0. The summed E-state index contributed by atoms with van der Waals surface area (Å²) in [5.74, 6) is -2.35. The summed E-state index contributed by atoms with van der Waals surface area (Å²) in [5, 5.41) is 11.1. The number of aromatic carboxylic acids is 1. The summed E-state index contributed by atoms with van der Waals surface area (Å²) in [5.41, 5.74) is -2.10. The van der Waals surface area contributed by atoms with Gasteiger partial charge in [-0.2, -0.15) is 21.9 Å². The van der Waals surface area contributed by atoms with Gasteiger partial charge in [0, 0.05) is 0 Å². The molecule has 0 saturated heterocycles. The van der Waals surface area contributed by atoms with Crippen LogP contribution in [0.4, 0.5) is 18.9 Å². The number of carboxylic acids is 1. The number of alkyl halides is 3. The molecule has 0 unspecified atom stereocenters. The van der Waals surface area contributed by atoms with Gasteiger partial charge in [0.1, 0.15) is 0 Å². The van der Waals surface area contributed by atoms with Crippen LogP contribution in [0.2, 0.25) is 0 Å². The molecule has 2 aromatic rings. The smallest absolute Gasteiger partial charge is 0.416 e. The van der Waals surface area contributed by atoms with Crippen molar-refractivity contribution in [1.29, 1.82) is 0 Å². The summed E-state index contributed by atoms with van der Waals surface area (Å²) in [6.07, 6.45) is -3.52. The van der Waals surface area contributed by atoms with E-state index in [1.807, 2.05) is 0 Å². The molecule has 0 fully saturated rings. The zero-order valence-corrected chi connectivity index (χ0v) is 10.8. The second-order valence-corrected chi connectivity index (χ2v) is 4.37. The van der Waals surface area contributed by atoms with Gasteiger partial charge in [-0.1, -0.05) is 0 Å². The highest BCUT2D eigenvalue weighted by atomic mass is 32.1. The molecule has 0 aliphatic carbocycles. The molecule has 21 heavy (non-hydrogen) atoms. The lowest BCUT2D eigenvalue weighted by Gasteiger charge is -2.11. The van der Waals surface area contributed by atoms with E-state index in [0.29, 0.717) is 12.1 Å². The van der Waals surface area contributed by atoms with Gasteiger partial charge in [-0.3, -0.25) is 4.79 Å². The predicted octanol–water partition coefficient (Wildman–Crippen LogP) is 2.51. The molecule has 1 aromatic carbocycles. The van der Waals surface area contributed by atoms with Crippen molar-refractivity contribution in [3.05, 3.63) is 41.2 Å². The summed E-state index contributed by atoms with van der Waals surface area (Å²) in [4.78, 5) is 22.7. The number of benzene rings is 1. The van der Waals surface area contributed by atoms with Crippen LogP contribution in [0.15, 0.2) is 24.4 Å². The molecule has 0 atom stereocenters. The van der Waals surface area contributed by atoms with Crippen molar-refractivity contribution >= 4 is 29.3 Å². The highest BCUT2D eigenvalue weighted by Crippen LogP contribution is 2.32. The minimum Gasteiger partial charge on any atom is -0.478 e. The fraction of sp³-hybridized carbons (Fsp3) is 0.0909. The average Bonchev–Trinajstić information content (AvgIpc) is 2.91.